The molecule has 5 heteroatoms. The zero-order valence-electron chi connectivity index (χ0n) is 9.81. The van der Waals surface area contributed by atoms with E-state index < -0.39 is 18.0 Å². The van der Waals surface area contributed by atoms with Crippen LogP contribution in [0.2, 0.25) is 0 Å². The van der Waals surface area contributed by atoms with Gasteiger partial charge in [-0.3, -0.25) is 10.0 Å². The van der Waals surface area contributed by atoms with E-state index in [1.54, 1.807) is 6.92 Å². The molecule has 0 radical (unpaired) electrons. The van der Waals surface area contributed by atoms with Crippen molar-refractivity contribution >= 4 is 11.9 Å². The molecule has 0 aliphatic heterocycles. The van der Waals surface area contributed by atoms with Gasteiger partial charge in [-0.2, -0.15) is 0 Å². The largest absolute Gasteiger partial charge is 0.449 e. The molecule has 0 aromatic carbocycles. The van der Waals surface area contributed by atoms with E-state index in [-0.39, 0.29) is 6.54 Å². The highest BCUT2D eigenvalue weighted by Gasteiger charge is 2.25. The first kappa shape index (κ1) is 14.6. The van der Waals surface area contributed by atoms with Crippen LogP contribution in [-0.2, 0) is 14.3 Å². The standard InChI is InChI=1S/C11H19NO4/c1-4-7-8-9(16-10(13)5-2)11(14)12(15)6-3/h5,9,15H,2,4,6-8H2,1,3H3. The number of unbranched alkanes of at least 4 members (excludes halogenated alkanes) is 1. The summed E-state index contributed by atoms with van der Waals surface area (Å²) in [5, 5.41) is 9.80. The molecule has 0 aromatic heterocycles. The summed E-state index contributed by atoms with van der Waals surface area (Å²) in [6.45, 7) is 7.01. The van der Waals surface area contributed by atoms with Gasteiger partial charge in [-0.05, 0) is 19.8 Å². The van der Waals surface area contributed by atoms with E-state index in [0.29, 0.717) is 11.5 Å². The molecule has 92 valence electrons. The Morgan fingerprint density at radius 1 is 1.50 bits per heavy atom. The number of hydrogen-bond donors (Lipinski definition) is 1. The number of hydroxylamine groups is 2. The van der Waals surface area contributed by atoms with E-state index >= 15 is 0 Å². The van der Waals surface area contributed by atoms with Gasteiger partial charge in [-0.15, -0.1) is 0 Å². The smallest absolute Gasteiger partial charge is 0.330 e. The second-order valence-corrected chi connectivity index (χ2v) is 3.33. The number of likely N-dealkylation sites (N-methyl/N-ethyl adjacent to an activating group) is 1. The summed E-state index contributed by atoms with van der Waals surface area (Å²) in [4.78, 5) is 22.6. The lowest BCUT2D eigenvalue weighted by Crippen LogP contribution is -2.39. The maximum absolute atomic E-state index is 11.6. The third kappa shape index (κ3) is 4.93. The SMILES string of the molecule is C=CC(=O)OC(CCCC)C(=O)N(O)CC. The maximum atomic E-state index is 11.6. The van der Waals surface area contributed by atoms with Gasteiger partial charge in [0.2, 0.25) is 0 Å². The normalized spacial score (nSPS) is 11.7. The number of amides is 1. The minimum absolute atomic E-state index is 0.160. The number of ether oxygens (including phenoxy) is 1. The molecule has 0 aromatic rings. The quantitative estimate of drug-likeness (QED) is 0.311. The van der Waals surface area contributed by atoms with Crippen LogP contribution in [0.4, 0.5) is 0 Å². The Hall–Kier alpha value is -1.36. The predicted molar refractivity (Wildman–Crippen MR) is 58.8 cm³/mol. The van der Waals surface area contributed by atoms with Crippen molar-refractivity contribution in [2.45, 2.75) is 39.2 Å². The van der Waals surface area contributed by atoms with Crippen LogP contribution >= 0.6 is 0 Å². The second-order valence-electron chi connectivity index (χ2n) is 3.33. The number of hydrogen-bond acceptors (Lipinski definition) is 4. The van der Waals surface area contributed by atoms with Gasteiger partial charge in [-0.1, -0.05) is 19.9 Å². The molecule has 0 rings (SSSR count). The van der Waals surface area contributed by atoms with Crippen molar-refractivity contribution in [1.82, 2.24) is 5.06 Å². The third-order valence-corrected chi connectivity index (χ3v) is 2.07. The van der Waals surface area contributed by atoms with Crippen molar-refractivity contribution in [2.24, 2.45) is 0 Å². The number of carbonyl (C=O) groups is 2. The summed E-state index contributed by atoms with van der Waals surface area (Å²) in [6, 6.07) is 0. The molecule has 16 heavy (non-hydrogen) atoms. The molecule has 1 unspecified atom stereocenters. The Morgan fingerprint density at radius 2 is 2.12 bits per heavy atom. The first-order valence-corrected chi connectivity index (χ1v) is 5.40. The van der Waals surface area contributed by atoms with E-state index in [1.807, 2.05) is 6.92 Å². The number of nitrogens with zero attached hydrogens (tertiary/aromatic N) is 1. The maximum Gasteiger partial charge on any atom is 0.330 e. The highest BCUT2D eigenvalue weighted by Crippen LogP contribution is 2.08. The average Bonchev–Trinajstić information content (AvgIpc) is 2.31. The molecule has 5 nitrogen and oxygen atoms in total. The fraction of sp³-hybridized carbons (Fsp3) is 0.636. The molecule has 1 N–H and O–H groups in total. The first-order chi connectivity index (χ1) is 7.56. The number of carbonyl (C=O) groups excluding carboxylic acids is 2. The summed E-state index contributed by atoms with van der Waals surface area (Å²) < 4.78 is 4.88. The number of rotatable bonds is 7. The molecule has 0 aliphatic rings. The van der Waals surface area contributed by atoms with Gasteiger partial charge in [0, 0.05) is 12.6 Å². The first-order valence-electron chi connectivity index (χ1n) is 5.40. The molecule has 1 amide bonds. The Morgan fingerprint density at radius 3 is 2.56 bits per heavy atom. The van der Waals surface area contributed by atoms with E-state index in [9.17, 15) is 14.8 Å². The predicted octanol–water partition coefficient (Wildman–Crippen LogP) is 1.51. The van der Waals surface area contributed by atoms with Crippen LogP contribution in [0.3, 0.4) is 0 Å². The van der Waals surface area contributed by atoms with Crippen LogP contribution < -0.4 is 0 Å². The summed E-state index contributed by atoms with van der Waals surface area (Å²) >= 11 is 0. The van der Waals surface area contributed by atoms with E-state index in [0.717, 1.165) is 18.9 Å². The van der Waals surface area contributed by atoms with Crippen LogP contribution in [0.5, 0.6) is 0 Å². The second kappa shape index (κ2) is 7.87. The van der Waals surface area contributed by atoms with Crippen molar-refractivity contribution in [2.75, 3.05) is 6.54 Å². The van der Waals surface area contributed by atoms with Crippen molar-refractivity contribution in [3.63, 3.8) is 0 Å². The molecule has 0 fully saturated rings. The lowest BCUT2D eigenvalue weighted by atomic mass is 10.1. The molecular weight excluding hydrogens is 210 g/mol. The fourth-order valence-electron chi connectivity index (χ4n) is 1.13. The lowest BCUT2D eigenvalue weighted by molar-refractivity contribution is -0.180. The minimum atomic E-state index is -0.921. The Bertz CT molecular complexity index is 252. The summed E-state index contributed by atoms with van der Waals surface area (Å²) in [7, 11) is 0. The zero-order chi connectivity index (χ0) is 12.6. The van der Waals surface area contributed by atoms with Gasteiger partial charge in [0.15, 0.2) is 6.10 Å². The monoisotopic (exact) mass is 229 g/mol. The molecule has 0 saturated heterocycles. The molecule has 0 heterocycles. The highest BCUT2D eigenvalue weighted by atomic mass is 16.6. The zero-order valence-corrected chi connectivity index (χ0v) is 9.81. The van der Waals surface area contributed by atoms with Crippen LogP contribution in [0.1, 0.15) is 33.1 Å². The minimum Gasteiger partial charge on any atom is -0.449 e. The third-order valence-electron chi connectivity index (χ3n) is 2.07. The van der Waals surface area contributed by atoms with E-state index in [2.05, 4.69) is 6.58 Å². The summed E-state index contributed by atoms with van der Waals surface area (Å²) in [5.74, 6) is -1.25. The fourth-order valence-corrected chi connectivity index (χ4v) is 1.13. The Labute approximate surface area is 95.6 Å². The van der Waals surface area contributed by atoms with E-state index in [4.69, 9.17) is 4.74 Å². The van der Waals surface area contributed by atoms with Crippen molar-refractivity contribution < 1.29 is 19.5 Å². The van der Waals surface area contributed by atoms with Crippen LogP contribution in [0, 0.1) is 0 Å². The molecule has 0 aliphatic carbocycles. The van der Waals surface area contributed by atoms with Gasteiger partial charge < -0.3 is 4.74 Å². The molecule has 0 bridgehead atoms. The topological polar surface area (TPSA) is 66.8 Å². The van der Waals surface area contributed by atoms with Crippen LogP contribution in [0.25, 0.3) is 0 Å². The van der Waals surface area contributed by atoms with Crippen molar-refractivity contribution in [3.05, 3.63) is 12.7 Å². The van der Waals surface area contributed by atoms with Gasteiger partial charge in [0.05, 0.1) is 0 Å². The average molecular weight is 229 g/mol. The lowest BCUT2D eigenvalue weighted by Gasteiger charge is -2.20. The van der Waals surface area contributed by atoms with Gasteiger partial charge >= 0.3 is 5.97 Å². The van der Waals surface area contributed by atoms with Crippen LogP contribution in [0.15, 0.2) is 12.7 Å². The van der Waals surface area contributed by atoms with Gasteiger partial charge in [0.1, 0.15) is 0 Å². The Kier molecular flexibility index (Phi) is 7.20. The molecular formula is C11H19NO4. The number of esters is 1. The summed E-state index contributed by atoms with van der Waals surface area (Å²) in [5.41, 5.74) is 0. The van der Waals surface area contributed by atoms with Crippen molar-refractivity contribution in [1.29, 1.82) is 0 Å². The Balaban J connectivity index is 4.45. The highest BCUT2D eigenvalue weighted by molar-refractivity contribution is 5.86. The molecule has 0 saturated carbocycles. The molecule has 0 spiro atoms. The van der Waals surface area contributed by atoms with E-state index in [1.165, 1.54) is 0 Å². The van der Waals surface area contributed by atoms with Gasteiger partial charge in [0.25, 0.3) is 5.91 Å². The van der Waals surface area contributed by atoms with Crippen LogP contribution in [-0.4, -0.2) is 34.8 Å². The van der Waals surface area contributed by atoms with Crippen molar-refractivity contribution in [3.8, 4) is 0 Å². The van der Waals surface area contributed by atoms with Gasteiger partial charge in [-0.25, -0.2) is 9.86 Å². The molecule has 1 atom stereocenters. The summed E-state index contributed by atoms with van der Waals surface area (Å²) in [6.07, 6.45) is 2.12.